The van der Waals surface area contributed by atoms with Crippen molar-refractivity contribution in [1.82, 2.24) is 25.5 Å². The molecule has 20 heavy (non-hydrogen) atoms. The van der Waals surface area contributed by atoms with Crippen LogP contribution in [0.1, 0.15) is 12.5 Å². The van der Waals surface area contributed by atoms with E-state index in [1.807, 2.05) is 24.3 Å². The molecule has 0 aliphatic heterocycles. The first-order valence-electron chi connectivity index (χ1n) is 5.91. The molecule has 2 aromatic rings. The van der Waals surface area contributed by atoms with Gasteiger partial charge in [0.05, 0.1) is 6.04 Å². The van der Waals surface area contributed by atoms with Crippen LogP contribution in [0.3, 0.4) is 0 Å². The Morgan fingerprint density at radius 2 is 2.25 bits per heavy atom. The van der Waals surface area contributed by atoms with Crippen molar-refractivity contribution in [2.75, 3.05) is 7.05 Å². The highest BCUT2D eigenvalue weighted by Crippen LogP contribution is 2.16. The molecule has 1 atom stereocenters. The highest BCUT2D eigenvalue weighted by molar-refractivity contribution is 5.85. The van der Waals surface area contributed by atoms with Crippen LogP contribution in [0.25, 0.3) is 11.4 Å². The molecule has 0 radical (unpaired) electrons. The van der Waals surface area contributed by atoms with Gasteiger partial charge < -0.3 is 10.6 Å². The number of hydrogen-bond acceptors (Lipinski definition) is 5. The van der Waals surface area contributed by atoms with Gasteiger partial charge in [0.2, 0.25) is 11.7 Å². The molecule has 0 unspecified atom stereocenters. The Kier molecular flexibility index (Phi) is 5.60. The van der Waals surface area contributed by atoms with Crippen LogP contribution in [0.4, 0.5) is 0 Å². The summed E-state index contributed by atoms with van der Waals surface area (Å²) in [5.41, 5.74) is 7.41. The lowest BCUT2D eigenvalue weighted by atomic mass is 10.1. The maximum Gasteiger partial charge on any atom is 0.239 e. The van der Waals surface area contributed by atoms with E-state index in [9.17, 15) is 4.79 Å². The van der Waals surface area contributed by atoms with Crippen LogP contribution in [-0.4, -0.2) is 44.5 Å². The molecule has 0 fully saturated rings. The molecule has 8 heteroatoms. The predicted molar refractivity (Wildman–Crippen MR) is 77.0 cm³/mol. The molecule has 0 bridgehead atoms. The number of carbonyl (C=O) groups is 1. The van der Waals surface area contributed by atoms with Gasteiger partial charge in [0, 0.05) is 19.2 Å². The Morgan fingerprint density at radius 1 is 1.50 bits per heavy atom. The third-order valence-corrected chi connectivity index (χ3v) is 2.72. The SMILES string of the molecule is C[C@@H](N)C(=O)N(C)Cc1cccc(-c2nn[nH]n2)c1.Cl. The lowest BCUT2D eigenvalue weighted by Gasteiger charge is -2.19. The van der Waals surface area contributed by atoms with Crippen LogP contribution in [0.2, 0.25) is 0 Å². The van der Waals surface area contributed by atoms with E-state index in [4.69, 9.17) is 5.73 Å². The van der Waals surface area contributed by atoms with Crippen LogP contribution in [0.15, 0.2) is 24.3 Å². The van der Waals surface area contributed by atoms with Crippen LogP contribution in [-0.2, 0) is 11.3 Å². The molecule has 1 amide bonds. The summed E-state index contributed by atoms with van der Waals surface area (Å²) in [7, 11) is 1.73. The minimum absolute atomic E-state index is 0. The van der Waals surface area contributed by atoms with Crippen molar-refractivity contribution in [1.29, 1.82) is 0 Å². The van der Waals surface area contributed by atoms with Gasteiger partial charge in [-0.2, -0.15) is 5.21 Å². The largest absolute Gasteiger partial charge is 0.340 e. The topological polar surface area (TPSA) is 101 Å². The Balaban J connectivity index is 0.00000200. The number of benzene rings is 1. The minimum atomic E-state index is -0.495. The third-order valence-electron chi connectivity index (χ3n) is 2.72. The molecule has 0 aliphatic carbocycles. The fraction of sp³-hybridized carbons (Fsp3) is 0.333. The summed E-state index contributed by atoms with van der Waals surface area (Å²) in [6, 6.07) is 7.16. The quantitative estimate of drug-likeness (QED) is 0.860. The summed E-state index contributed by atoms with van der Waals surface area (Å²) >= 11 is 0. The molecule has 3 N–H and O–H groups in total. The molecule has 108 valence electrons. The molecule has 0 spiro atoms. The number of aromatic nitrogens is 4. The zero-order valence-corrected chi connectivity index (χ0v) is 12.1. The number of rotatable bonds is 4. The number of nitrogens with one attached hydrogen (secondary N) is 1. The molecule has 1 aromatic heterocycles. The summed E-state index contributed by atoms with van der Waals surface area (Å²) in [6.45, 7) is 2.17. The fourth-order valence-corrected chi connectivity index (χ4v) is 1.79. The number of nitrogens with two attached hydrogens (primary N) is 1. The summed E-state index contributed by atoms with van der Waals surface area (Å²) in [6.07, 6.45) is 0. The average Bonchev–Trinajstić information content (AvgIpc) is 2.91. The second kappa shape index (κ2) is 6.97. The fourth-order valence-electron chi connectivity index (χ4n) is 1.79. The summed E-state index contributed by atoms with van der Waals surface area (Å²) in [5.74, 6) is 0.438. The number of halogens is 1. The molecule has 2 rings (SSSR count). The van der Waals surface area contributed by atoms with E-state index in [2.05, 4.69) is 20.6 Å². The van der Waals surface area contributed by atoms with E-state index in [1.165, 1.54) is 0 Å². The average molecular weight is 297 g/mol. The molecular formula is C12H17ClN6O. The second-order valence-corrected chi connectivity index (χ2v) is 4.42. The van der Waals surface area contributed by atoms with E-state index in [1.54, 1.807) is 18.9 Å². The number of tetrazole rings is 1. The Morgan fingerprint density at radius 3 is 2.85 bits per heavy atom. The highest BCUT2D eigenvalue weighted by Gasteiger charge is 2.14. The lowest BCUT2D eigenvalue weighted by Crippen LogP contribution is -2.39. The van der Waals surface area contributed by atoms with Crippen LogP contribution < -0.4 is 5.73 Å². The third kappa shape index (κ3) is 3.75. The number of H-pyrrole nitrogens is 1. The van der Waals surface area contributed by atoms with Crippen LogP contribution >= 0.6 is 12.4 Å². The van der Waals surface area contributed by atoms with Gasteiger partial charge in [-0.05, 0) is 23.8 Å². The van der Waals surface area contributed by atoms with Crippen molar-refractivity contribution >= 4 is 18.3 Å². The molecule has 1 aromatic carbocycles. The van der Waals surface area contributed by atoms with Gasteiger partial charge in [0.25, 0.3) is 0 Å². The smallest absolute Gasteiger partial charge is 0.239 e. The summed E-state index contributed by atoms with van der Waals surface area (Å²) in [4.78, 5) is 13.3. The van der Waals surface area contributed by atoms with Gasteiger partial charge in [-0.3, -0.25) is 4.79 Å². The highest BCUT2D eigenvalue weighted by atomic mass is 35.5. The normalized spacial score (nSPS) is 11.6. The first-order valence-corrected chi connectivity index (χ1v) is 5.91. The number of carbonyl (C=O) groups excluding carboxylic acids is 1. The van der Waals surface area contributed by atoms with Gasteiger partial charge >= 0.3 is 0 Å². The van der Waals surface area contributed by atoms with Crippen molar-refractivity contribution in [2.45, 2.75) is 19.5 Å². The molecule has 1 heterocycles. The maximum absolute atomic E-state index is 11.7. The minimum Gasteiger partial charge on any atom is -0.340 e. The first-order chi connectivity index (χ1) is 9.08. The number of nitrogens with zero attached hydrogens (tertiary/aromatic N) is 4. The Bertz CT molecular complexity index is 557. The number of amides is 1. The second-order valence-electron chi connectivity index (χ2n) is 4.42. The molecule has 0 aliphatic rings. The first kappa shape index (κ1) is 16.1. The number of hydrogen-bond donors (Lipinski definition) is 2. The van der Waals surface area contributed by atoms with Gasteiger partial charge in [-0.25, -0.2) is 0 Å². The Hall–Kier alpha value is -1.99. The summed E-state index contributed by atoms with van der Waals surface area (Å²) in [5, 5.41) is 13.8. The molecule has 0 saturated heterocycles. The van der Waals surface area contributed by atoms with Crippen molar-refractivity contribution < 1.29 is 4.79 Å². The van der Waals surface area contributed by atoms with Gasteiger partial charge in [0.15, 0.2) is 0 Å². The lowest BCUT2D eigenvalue weighted by molar-refractivity contribution is -0.131. The standard InChI is InChI=1S/C12H16N6O.ClH/c1-8(13)12(19)18(2)7-9-4-3-5-10(6-9)11-14-16-17-15-11;/h3-6,8H,7,13H2,1-2H3,(H,14,15,16,17);1H/t8-;/m1./s1. The maximum atomic E-state index is 11.7. The van der Waals surface area contributed by atoms with E-state index in [-0.39, 0.29) is 18.3 Å². The summed E-state index contributed by atoms with van der Waals surface area (Å²) < 4.78 is 0. The van der Waals surface area contributed by atoms with Crippen molar-refractivity contribution in [2.24, 2.45) is 5.73 Å². The van der Waals surface area contributed by atoms with Gasteiger partial charge in [0.1, 0.15) is 0 Å². The van der Waals surface area contributed by atoms with Gasteiger partial charge in [-0.15, -0.1) is 22.6 Å². The van der Waals surface area contributed by atoms with Crippen LogP contribution in [0.5, 0.6) is 0 Å². The Labute approximate surface area is 123 Å². The molecule has 7 nitrogen and oxygen atoms in total. The van der Waals surface area contributed by atoms with E-state index < -0.39 is 6.04 Å². The number of aromatic amines is 1. The number of likely N-dealkylation sites (N-methyl/N-ethyl adjacent to an activating group) is 1. The van der Waals surface area contributed by atoms with Crippen molar-refractivity contribution in [3.8, 4) is 11.4 Å². The molecular weight excluding hydrogens is 280 g/mol. The van der Waals surface area contributed by atoms with E-state index in [0.717, 1.165) is 11.1 Å². The van der Waals surface area contributed by atoms with Gasteiger partial charge in [-0.1, -0.05) is 18.2 Å². The van der Waals surface area contributed by atoms with Crippen molar-refractivity contribution in [3.05, 3.63) is 29.8 Å². The predicted octanol–water partition coefficient (Wildman–Crippen LogP) is 0.594. The zero-order chi connectivity index (χ0) is 13.8. The zero-order valence-electron chi connectivity index (χ0n) is 11.3. The van der Waals surface area contributed by atoms with E-state index in [0.29, 0.717) is 12.4 Å². The van der Waals surface area contributed by atoms with Crippen LogP contribution in [0, 0.1) is 0 Å². The van der Waals surface area contributed by atoms with E-state index >= 15 is 0 Å². The molecule has 0 saturated carbocycles. The monoisotopic (exact) mass is 296 g/mol. The van der Waals surface area contributed by atoms with Crippen molar-refractivity contribution in [3.63, 3.8) is 0 Å².